The van der Waals surface area contributed by atoms with E-state index in [1.165, 1.54) is 0 Å². The molecular weight excluding hydrogens is 408 g/mol. The topological polar surface area (TPSA) is 98.8 Å². The number of imide groups is 1. The molecule has 1 heterocycles. The minimum Gasteiger partial charge on any atom is -0.339 e. The van der Waals surface area contributed by atoms with Crippen LogP contribution in [0.1, 0.15) is 43.1 Å². The van der Waals surface area contributed by atoms with E-state index in [2.05, 4.69) is 10.6 Å². The molecule has 0 bridgehead atoms. The van der Waals surface area contributed by atoms with Gasteiger partial charge in [0.2, 0.25) is 5.91 Å². The van der Waals surface area contributed by atoms with Crippen LogP contribution in [0.5, 0.6) is 0 Å². The molecule has 8 heteroatoms. The lowest BCUT2D eigenvalue weighted by molar-refractivity contribution is -0.134. The third kappa shape index (κ3) is 4.34. The van der Waals surface area contributed by atoms with Gasteiger partial charge in [0.15, 0.2) is 0 Å². The van der Waals surface area contributed by atoms with Gasteiger partial charge >= 0.3 is 6.03 Å². The summed E-state index contributed by atoms with van der Waals surface area (Å²) in [5.41, 5.74) is 0.502. The fourth-order valence-corrected chi connectivity index (χ4v) is 3.87. The first-order valence-electron chi connectivity index (χ1n) is 10.7. The van der Waals surface area contributed by atoms with Crippen LogP contribution in [0.4, 0.5) is 10.5 Å². The Morgan fingerprint density at radius 2 is 1.59 bits per heavy atom. The summed E-state index contributed by atoms with van der Waals surface area (Å²) in [5, 5.41) is 5.44. The van der Waals surface area contributed by atoms with E-state index in [1.807, 2.05) is 26.8 Å². The summed E-state index contributed by atoms with van der Waals surface area (Å²) in [4.78, 5) is 53.2. The molecule has 32 heavy (non-hydrogen) atoms. The van der Waals surface area contributed by atoms with Crippen LogP contribution in [-0.2, 0) is 15.1 Å². The molecule has 1 saturated heterocycles. The van der Waals surface area contributed by atoms with Crippen LogP contribution >= 0.6 is 0 Å². The SMILES string of the molecule is CCN(CC)C(=O)c1ccc(NC(=O)CN2C(=O)NC(CC)(c3ccccc3)C2=O)cc1. The summed E-state index contributed by atoms with van der Waals surface area (Å²) in [5.74, 6) is -1.04. The van der Waals surface area contributed by atoms with Crippen LogP contribution in [0.25, 0.3) is 0 Å². The Morgan fingerprint density at radius 1 is 0.969 bits per heavy atom. The van der Waals surface area contributed by atoms with Gasteiger partial charge in [-0.25, -0.2) is 4.79 Å². The minimum absolute atomic E-state index is 0.0796. The highest BCUT2D eigenvalue weighted by molar-refractivity contribution is 6.10. The van der Waals surface area contributed by atoms with Crippen LogP contribution in [0.2, 0.25) is 0 Å². The molecule has 168 valence electrons. The average Bonchev–Trinajstić information content (AvgIpc) is 3.06. The van der Waals surface area contributed by atoms with Gasteiger partial charge in [0.05, 0.1) is 0 Å². The number of benzene rings is 2. The number of hydrogen-bond donors (Lipinski definition) is 2. The van der Waals surface area contributed by atoms with Gasteiger partial charge in [-0.1, -0.05) is 37.3 Å². The minimum atomic E-state index is -1.18. The zero-order chi connectivity index (χ0) is 23.3. The van der Waals surface area contributed by atoms with Crippen molar-refractivity contribution in [1.29, 1.82) is 0 Å². The van der Waals surface area contributed by atoms with Gasteiger partial charge in [-0.05, 0) is 50.1 Å². The quantitative estimate of drug-likeness (QED) is 0.622. The Kier molecular flexibility index (Phi) is 6.92. The zero-order valence-corrected chi connectivity index (χ0v) is 18.6. The van der Waals surface area contributed by atoms with E-state index in [9.17, 15) is 19.2 Å². The van der Waals surface area contributed by atoms with Gasteiger partial charge < -0.3 is 15.5 Å². The molecule has 1 atom stereocenters. The monoisotopic (exact) mass is 436 g/mol. The van der Waals surface area contributed by atoms with Crippen LogP contribution < -0.4 is 10.6 Å². The summed E-state index contributed by atoms with van der Waals surface area (Å²) in [7, 11) is 0. The average molecular weight is 437 g/mol. The maximum Gasteiger partial charge on any atom is 0.325 e. The summed E-state index contributed by atoms with van der Waals surface area (Å²) >= 11 is 0. The molecule has 5 amide bonds. The fraction of sp³-hybridized carbons (Fsp3) is 0.333. The van der Waals surface area contributed by atoms with Crippen molar-refractivity contribution in [1.82, 2.24) is 15.1 Å². The molecule has 8 nitrogen and oxygen atoms in total. The van der Waals surface area contributed by atoms with Crippen molar-refractivity contribution in [3.63, 3.8) is 0 Å². The number of carbonyl (C=O) groups is 4. The number of amides is 5. The number of nitrogens with one attached hydrogen (secondary N) is 2. The van der Waals surface area contributed by atoms with Crippen molar-refractivity contribution in [3.05, 3.63) is 65.7 Å². The maximum absolute atomic E-state index is 13.1. The van der Waals surface area contributed by atoms with E-state index >= 15 is 0 Å². The van der Waals surface area contributed by atoms with Gasteiger partial charge in [-0.3, -0.25) is 19.3 Å². The number of nitrogens with zero attached hydrogens (tertiary/aromatic N) is 2. The molecule has 0 spiro atoms. The molecule has 0 aromatic heterocycles. The lowest BCUT2D eigenvalue weighted by atomic mass is 9.87. The first-order chi connectivity index (χ1) is 15.4. The molecule has 2 aromatic carbocycles. The maximum atomic E-state index is 13.1. The van der Waals surface area contributed by atoms with Crippen molar-refractivity contribution in [2.75, 3.05) is 25.0 Å². The second kappa shape index (κ2) is 9.64. The highest BCUT2D eigenvalue weighted by Crippen LogP contribution is 2.32. The van der Waals surface area contributed by atoms with Crippen LogP contribution in [-0.4, -0.2) is 53.2 Å². The molecular formula is C24H28N4O4. The van der Waals surface area contributed by atoms with E-state index in [0.29, 0.717) is 36.3 Å². The van der Waals surface area contributed by atoms with Crippen molar-refractivity contribution in [2.45, 2.75) is 32.7 Å². The van der Waals surface area contributed by atoms with E-state index in [1.54, 1.807) is 53.4 Å². The van der Waals surface area contributed by atoms with Gasteiger partial charge in [-0.15, -0.1) is 0 Å². The van der Waals surface area contributed by atoms with Gasteiger partial charge in [0.1, 0.15) is 12.1 Å². The highest BCUT2D eigenvalue weighted by atomic mass is 16.2. The largest absolute Gasteiger partial charge is 0.339 e. The van der Waals surface area contributed by atoms with Crippen LogP contribution in [0, 0.1) is 0 Å². The lowest BCUT2D eigenvalue weighted by Crippen LogP contribution is -2.44. The Labute approximate surface area is 187 Å². The molecule has 2 aromatic rings. The number of anilines is 1. The summed E-state index contributed by atoms with van der Waals surface area (Å²) in [6.07, 6.45) is 0.363. The Bertz CT molecular complexity index is 1000. The molecule has 0 saturated carbocycles. The molecule has 0 aliphatic carbocycles. The third-order valence-corrected chi connectivity index (χ3v) is 5.74. The Balaban J connectivity index is 1.68. The molecule has 3 rings (SSSR count). The van der Waals surface area contributed by atoms with E-state index in [4.69, 9.17) is 0 Å². The number of rotatable bonds is 8. The highest BCUT2D eigenvalue weighted by Gasteiger charge is 2.51. The van der Waals surface area contributed by atoms with Crippen LogP contribution in [0.3, 0.4) is 0 Å². The Hall–Kier alpha value is -3.68. The van der Waals surface area contributed by atoms with Crippen molar-refractivity contribution >= 4 is 29.4 Å². The van der Waals surface area contributed by atoms with E-state index in [-0.39, 0.29) is 5.91 Å². The lowest BCUT2D eigenvalue weighted by Gasteiger charge is -2.25. The molecule has 0 radical (unpaired) electrons. The van der Waals surface area contributed by atoms with Gasteiger partial charge in [0, 0.05) is 24.3 Å². The van der Waals surface area contributed by atoms with Gasteiger partial charge in [0.25, 0.3) is 11.8 Å². The molecule has 1 aliphatic heterocycles. The van der Waals surface area contributed by atoms with Crippen LogP contribution in [0.15, 0.2) is 54.6 Å². The number of carbonyl (C=O) groups excluding carboxylic acids is 4. The second-order valence-corrected chi connectivity index (χ2v) is 7.55. The fourth-order valence-electron chi connectivity index (χ4n) is 3.87. The van der Waals surface area contributed by atoms with E-state index in [0.717, 1.165) is 4.90 Å². The molecule has 1 aliphatic rings. The predicted octanol–water partition coefficient (Wildman–Crippen LogP) is 2.96. The van der Waals surface area contributed by atoms with Gasteiger partial charge in [-0.2, -0.15) is 0 Å². The summed E-state index contributed by atoms with van der Waals surface area (Å²) in [6.45, 7) is 6.47. The summed E-state index contributed by atoms with van der Waals surface area (Å²) < 4.78 is 0. The first-order valence-corrected chi connectivity index (χ1v) is 10.7. The molecule has 2 N–H and O–H groups in total. The first kappa shape index (κ1) is 23.0. The smallest absolute Gasteiger partial charge is 0.325 e. The van der Waals surface area contributed by atoms with Crippen molar-refractivity contribution < 1.29 is 19.2 Å². The predicted molar refractivity (Wildman–Crippen MR) is 121 cm³/mol. The third-order valence-electron chi connectivity index (χ3n) is 5.74. The molecule has 1 unspecified atom stereocenters. The van der Waals surface area contributed by atoms with Crippen molar-refractivity contribution in [3.8, 4) is 0 Å². The summed E-state index contributed by atoms with van der Waals surface area (Å²) in [6, 6.07) is 14.9. The standard InChI is InChI=1S/C24H28N4O4/c1-4-24(18-10-8-7-9-11-18)22(31)28(23(32)26-24)16-20(29)25-19-14-12-17(13-15-19)21(30)27(5-2)6-3/h7-15H,4-6,16H2,1-3H3,(H,25,29)(H,26,32). The zero-order valence-electron chi connectivity index (χ0n) is 18.6. The molecule has 1 fully saturated rings. The van der Waals surface area contributed by atoms with E-state index < -0.39 is 29.9 Å². The normalized spacial score (nSPS) is 17.8. The second-order valence-electron chi connectivity index (χ2n) is 7.55. The number of urea groups is 1. The number of hydrogen-bond acceptors (Lipinski definition) is 4. The van der Waals surface area contributed by atoms with Crippen molar-refractivity contribution in [2.24, 2.45) is 0 Å². The Morgan fingerprint density at radius 3 is 2.16 bits per heavy atom.